The third-order valence-corrected chi connectivity index (χ3v) is 10.3. The zero-order chi connectivity index (χ0) is 27.5. The SMILES string of the molecule is CC1(C)c2ccccc2-n2c3ccc4c(c5cccc6c5n4c4cccc5c7ccccc7n6c54)c3c3cccc1c32. The molecule has 11 rings (SSSR count). The summed E-state index contributed by atoms with van der Waals surface area (Å²) in [7, 11) is 0. The molecule has 0 atom stereocenters. The van der Waals surface area contributed by atoms with Gasteiger partial charge in [0, 0.05) is 37.7 Å². The lowest BCUT2D eigenvalue weighted by atomic mass is 9.75. The second-order valence-corrected chi connectivity index (χ2v) is 12.6. The Labute approximate surface area is 240 Å². The van der Waals surface area contributed by atoms with Crippen molar-refractivity contribution in [1.29, 1.82) is 0 Å². The van der Waals surface area contributed by atoms with Crippen LogP contribution in [0.3, 0.4) is 0 Å². The average Bonchev–Trinajstić information content (AvgIpc) is 3.66. The van der Waals surface area contributed by atoms with Crippen LogP contribution in [-0.2, 0) is 5.41 Å². The minimum absolute atomic E-state index is 0.0794. The summed E-state index contributed by atoms with van der Waals surface area (Å²) in [6, 6.07) is 43.1. The maximum atomic E-state index is 2.53. The first-order valence-electron chi connectivity index (χ1n) is 14.8. The molecule has 3 heteroatoms. The fourth-order valence-electron chi connectivity index (χ4n) is 8.65. The van der Waals surface area contributed by atoms with Crippen molar-refractivity contribution in [3.63, 3.8) is 0 Å². The molecule has 196 valence electrons. The zero-order valence-electron chi connectivity index (χ0n) is 23.3. The molecule has 0 aliphatic carbocycles. The first kappa shape index (κ1) is 21.5. The van der Waals surface area contributed by atoms with Crippen LogP contribution < -0.4 is 0 Å². The van der Waals surface area contributed by atoms with Crippen molar-refractivity contribution in [2.24, 2.45) is 0 Å². The van der Waals surface area contributed by atoms with E-state index in [4.69, 9.17) is 0 Å². The molecule has 6 aromatic carbocycles. The van der Waals surface area contributed by atoms with E-state index < -0.39 is 0 Å². The van der Waals surface area contributed by atoms with Gasteiger partial charge in [-0.1, -0.05) is 92.7 Å². The van der Waals surface area contributed by atoms with Crippen LogP contribution in [0.25, 0.3) is 82.1 Å². The fraction of sp³-hybridized carbons (Fsp3) is 0.0769. The van der Waals surface area contributed by atoms with Crippen LogP contribution in [0.4, 0.5) is 0 Å². The molecule has 0 saturated heterocycles. The van der Waals surface area contributed by atoms with Gasteiger partial charge in [0.05, 0.1) is 49.8 Å². The van der Waals surface area contributed by atoms with Crippen molar-refractivity contribution in [2.75, 3.05) is 0 Å². The van der Waals surface area contributed by atoms with Crippen molar-refractivity contribution in [1.82, 2.24) is 13.4 Å². The Hall–Kier alpha value is -5.28. The van der Waals surface area contributed by atoms with E-state index in [1.807, 2.05) is 0 Å². The summed E-state index contributed by atoms with van der Waals surface area (Å²) in [5.41, 5.74) is 14.2. The van der Waals surface area contributed by atoms with Gasteiger partial charge in [-0.25, -0.2) is 0 Å². The van der Waals surface area contributed by atoms with Gasteiger partial charge in [0.15, 0.2) is 0 Å². The maximum Gasteiger partial charge on any atom is 0.0783 e. The molecule has 3 nitrogen and oxygen atoms in total. The first-order chi connectivity index (χ1) is 20.6. The summed E-state index contributed by atoms with van der Waals surface area (Å²) in [5, 5.41) is 7.95. The lowest BCUT2D eigenvalue weighted by Gasteiger charge is -2.34. The predicted molar refractivity (Wildman–Crippen MR) is 176 cm³/mol. The molecular weight excluding hydrogens is 510 g/mol. The van der Waals surface area contributed by atoms with Gasteiger partial charge in [0.25, 0.3) is 0 Å². The Morgan fingerprint density at radius 1 is 0.405 bits per heavy atom. The van der Waals surface area contributed by atoms with E-state index in [0.29, 0.717) is 0 Å². The van der Waals surface area contributed by atoms with Gasteiger partial charge in [-0.2, -0.15) is 0 Å². The number of aromatic nitrogens is 3. The summed E-state index contributed by atoms with van der Waals surface area (Å²) in [5.74, 6) is 0. The maximum absolute atomic E-state index is 2.53. The van der Waals surface area contributed by atoms with Gasteiger partial charge >= 0.3 is 0 Å². The van der Waals surface area contributed by atoms with Crippen molar-refractivity contribution in [2.45, 2.75) is 19.3 Å². The Morgan fingerprint density at radius 3 is 1.81 bits per heavy atom. The Balaban J connectivity index is 1.46. The molecule has 1 aliphatic heterocycles. The molecule has 1 aliphatic rings. The average molecular weight is 536 g/mol. The molecule has 0 unspecified atom stereocenters. The fourth-order valence-corrected chi connectivity index (χ4v) is 8.65. The summed E-state index contributed by atoms with van der Waals surface area (Å²) >= 11 is 0. The van der Waals surface area contributed by atoms with Crippen molar-refractivity contribution < 1.29 is 0 Å². The standard InChI is InChI=1S/C39H25N3/c1-39(2)26-14-4-6-17-29(26)41-30-20-21-31-35(34(30)24-12-7-15-27(39)36(24)41)25-13-9-19-33-38(25)42(31)32-18-8-11-23-22-10-3-5-16-28(22)40(33)37(23)32/h3-21H,1-2H3. The number of fused-ring (bicyclic) bond motifs is 14. The third-order valence-electron chi connectivity index (χ3n) is 10.3. The summed E-state index contributed by atoms with van der Waals surface area (Å²) in [6.45, 7) is 4.74. The van der Waals surface area contributed by atoms with Crippen LogP contribution in [0, 0.1) is 0 Å². The highest BCUT2D eigenvalue weighted by molar-refractivity contribution is 6.32. The van der Waals surface area contributed by atoms with Crippen LogP contribution in [-0.4, -0.2) is 13.4 Å². The molecule has 0 radical (unpaired) electrons. The largest absolute Gasteiger partial charge is 0.309 e. The van der Waals surface area contributed by atoms with Crippen LogP contribution >= 0.6 is 0 Å². The Kier molecular flexibility index (Phi) is 3.46. The van der Waals surface area contributed by atoms with Gasteiger partial charge in [0.1, 0.15) is 0 Å². The summed E-state index contributed by atoms with van der Waals surface area (Å²) in [6.07, 6.45) is 0. The molecule has 0 bridgehead atoms. The molecule has 4 aromatic heterocycles. The van der Waals surface area contributed by atoms with E-state index >= 15 is 0 Å². The highest BCUT2D eigenvalue weighted by Gasteiger charge is 2.35. The minimum Gasteiger partial charge on any atom is -0.309 e. The number of hydrogen-bond acceptors (Lipinski definition) is 0. The third kappa shape index (κ3) is 2.14. The highest BCUT2D eigenvalue weighted by atomic mass is 15.0. The molecule has 5 heterocycles. The lowest BCUT2D eigenvalue weighted by molar-refractivity contribution is 0.630. The van der Waals surface area contributed by atoms with Gasteiger partial charge in [0.2, 0.25) is 0 Å². The molecule has 0 amide bonds. The predicted octanol–water partition coefficient (Wildman–Crippen LogP) is 9.98. The Morgan fingerprint density at radius 2 is 0.952 bits per heavy atom. The van der Waals surface area contributed by atoms with Gasteiger partial charge in [-0.3, -0.25) is 0 Å². The van der Waals surface area contributed by atoms with Crippen molar-refractivity contribution in [3.8, 4) is 5.69 Å². The lowest BCUT2D eigenvalue weighted by Crippen LogP contribution is -2.26. The van der Waals surface area contributed by atoms with Gasteiger partial charge in [-0.15, -0.1) is 0 Å². The Bertz CT molecular complexity index is 2820. The number of nitrogens with zero attached hydrogens (tertiary/aromatic N) is 3. The normalized spacial score (nSPS) is 14.6. The van der Waals surface area contributed by atoms with E-state index in [-0.39, 0.29) is 5.41 Å². The van der Waals surface area contributed by atoms with Crippen LogP contribution in [0.5, 0.6) is 0 Å². The molecule has 0 spiro atoms. The minimum atomic E-state index is -0.0794. The summed E-state index contributed by atoms with van der Waals surface area (Å²) in [4.78, 5) is 0. The topological polar surface area (TPSA) is 13.8 Å². The van der Waals surface area contributed by atoms with Crippen molar-refractivity contribution in [3.05, 3.63) is 126 Å². The summed E-state index contributed by atoms with van der Waals surface area (Å²) < 4.78 is 7.56. The molecule has 0 N–H and O–H groups in total. The van der Waals surface area contributed by atoms with Gasteiger partial charge < -0.3 is 13.4 Å². The first-order valence-corrected chi connectivity index (χ1v) is 14.8. The second kappa shape index (κ2) is 6.78. The van der Waals surface area contributed by atoms with E-state index in [9.17, 15) is 0 Å². The number of para-hydroxylation sites is 5. The molecule has 42 heavy (non-hydrogen) atoms. The molecular formula is C39H25N3. The van der Waals surface area contributed by atoms with Crippen LogP contribution in [0.2, 0.25) is 0 Å². The molecule has 0 saturated carbocycles. The number of hydrogen-bond donors (Lipinski definition) is 0. The van der Waals surface area contributed by atoms with E-state index in [1.54, 1.807) is 0 Å². The van der Waals surface area contributed by atoms with Gasteiger partial charge in [-0.05, 0) is 47.5 Å². The highest BCUT2D eigenvalue weighted by Crippen LogP contribution is 2.50. The van der Waals surface area contributed by atoms with E-state index in [0.717, 1.165) is 0 Å². The number of rotatable bonds is 0. The smallest absolute Gasteiger partial charge is 0.0783 e. The van der Waals surface area contributed by atoms with E-state index in [2.05, 4.69) is 142 Å². The van der Waals surface area contributed by atoms with Crippen LogP contribution in [0.15, 0.2) is 115 Å². The quantitative estimate of drug-likeness (QED) is 0.172. The van der Waals surface area contributed by atoms with Crippen molar-refractivity contribution >= 4 is 76.5 Å². The van der Waals surface area contributed by atoms with Crippen LogP contribution in [0.1, 0.15) is 25.0 Å². The second-order valence-electron chi connectivity index (χ2n) is 12.6. The monoisotopic (exact) mass is 535 g/mol. The number of benzene rings is 6. The molecule has 10 aromatic rings. The zero-order valence-corrected chi connectivity index (χ0v) is 23.3. The van der Waals surface area contributed by atoms with E-state index in [1.165, 1.54) is 93.3 Å². The molecule has 0 fully saturated rings.